The zero-order valence-electron chi connectivity index (χ0n) is 12.1. The zero-order valence-corrected chi connectivity index (χ0v) is 12.1. The van der Waals surface area contributed by atoms with Crippen LogP contribution in [0.1, 0.15) is 30.0 Å². The van der Waals surface area contributed by atoms with Crippen LogP contribution in [0.15, 0.2) is 48.5 Å². The van der Waals surface area contributed by atoms with Crippen molar-refractivity contribution in [1.29, 1.82) is 0 Å². The SMILES string of the molecule is CCCNCc1ccc(N2Cc3ccccc3C2)cc1. The Hall–Kier alpha value is -1.80. The van der Waals surface area contributed by atoms with Crippen LogP contribution in [0.2, 0.25) is 0 Å². The Balaban J connectivity index is 1.65. The van der Waals surface area contributed by atoms with Gasteiger partial charge in [0.25, 0.3) is 0 Å². The van der Waals surface area contributed by atoms with Crippen molar-refractivity contribution in [1.82, 2.24) is 5.32 Å². The monoisotopic (exact) mass is 266 g/mol. The summed E-state index contributed by atoms with van der Waals surface area (Å²) in [6.07, 6.45) is 1.18. The quantitative estimate of drug-likeness (QED) is 0.830. The Kier molecular flexibility index (Phi) is 4.03. The molecule has 0 fully saturated rings. The van der Waals surface area contributed by atoms with Crippen LogP contribution < -0.4 is 10.2 Å². The van der Waals surface area contributed by atoms with E-state index in [2.05, 4.69) is 65.7 Å². The topological polar surface area (TPSA) is 15.3 Å². The molecule has 0 unspecified atom stereocenters. The second-order valence-electron chi connectivity index (χ2n) is 5.47. The summed E-state index contributed by atoms with van der Waals surface area (Å²) in [6.45, 7) is 6.31. The molecule has 104 valence electrons. The number of rotatable bonds is 5. The minimum absolute atomic E-state index is 0.967. The predicted octanol–water partition coefficient (Wildman–Crippen LogP) is 3.71. The van der Waals surface area contributed by atoms with Crippen LogP contribution in [0.3, 0.4) is 0 Å². The second-order valence-corrected chi connectivity index (χ2v) is 5.47. The number of nitrogens with one attached hydrogen (secondary N) is 1. The van der Waals surface area contributed by atoms with Crippen molar-refractivity contribution in [2.24, 2.45) is 0 Å². The summed E-state index contributed by atoms with van der Waals surface area (Å²) in [5.41, 5.74) is 5.60. The van der Waals surface area contributed by atoms with Crippen molar-refractivity contribution in [3.8, 4) is 0 Å². The van der Waals surface area contributed by atoms with E-state index in [0.717, 1.165) is 26.2 Å². The van der Waals surface area contributed by atoms with E-state index in [-0.39, 0.29) is 0 Å². The number of hydrogen-bond donors (Lipinski definition) is 1. The van der Waals surface area contributed by atoms with E-state index in [9.17, 15) is 0 Å². The van der Waals surface area contributed by atoms with Crippen LogP contribution in [-0.4, -0.2) is 6.54 Å². The maximum absolute atomic E-state index is 3.44. The standard InChI is InChI=1S/C18H22N2/c1-2-11-19-12-15-7-9-18(10-8-15)20-13-16-5-3-4-6-17(16)14-20/h3-10,19H,2,11-14H2,1H3. The molecular formula is C18H22N2. The van der Waals surface area contributed by atoms with Gasteiger partial charge in [-0.05, 0) is 41.8 Å². The first-order valence-electron chi connectivity index (χ1n) is 7.48. The van der Waals surface area contributed by atoms with Gasteiger partial charge in [-0.3, -0.25) is 0 Å². The lowest BCUT2D eigenvalue weighted by atomic mass is 10.1. The van der Waals surface area contributed by atoms with E-state index < -0.39 is 0 Å². The normalized spacial score (nSPS) is 13.6. The number of nitrogens with zero attached hydrogens (tertiary/aromatic N) is 1. The highest BCUT2D eigenvalue weighted by Crippen LogP contribution is 2.28. The van der Waals surface area contributed by atoms with Crippen LogP contribution in [0.5, 0.6) is 0 Å². The van der Waals surface area contributed by atoms with Crippen LogP contribution >= 0.6 is 0 Å². The minimum atomic E-state index is 0.967. The number of anilines is 1. The lowest BCUT2D eigenvalue weighted by Gasteiger charge is -2.18. The molecule has 0 aromatic heterocycles. The van der Waals surface area contributed by atoms with Gasteiger partial charge in [0.2, 0.25) is 0 Å². The van der Waals surface area contributed by atoms with Crippen molar-refractivity contribution >= 4 is 5.69 Å². The third-order valence-electron chi connectivity index (χ3n) is 3.90. The Morgan fingerprint density at radius 3 is 2.20 bits per heavy atom. The van der Waals surface area contributed by atoms with Crippen LogP contribution in [0.4, 0.5) is 5.69 Å². The van der Waals surface area contributed by atoms with Gasteiger partial charge in [0.15, 0.2) is 0 Å². The first kappa shape index (κ1) is 13.2. The smallest absolute Gasteiger partial charge is 0.0436 e. The first-order chi connectivity index (χ1) is 9.86. The summed E-state index contributed by atoms with van der Waals surface area (Å²) in [5.74, 6) is 0. The summed E-state index contributed by atoms with van der Waals surface area (Å²) >= 11 is 0. The Bertz CT molecular complexity index is 535. The van der Waals surface area contributed by atoms with Crippen molar-refractivity contribution < 1.29 is 0 Å². The van der Waals surface area contributed by atoms with E-state index in [1.807, 2.05) is 0 Å². The summed E-state index contributed by atoms with van der Waals surface area (Å²) in [6, 6.07) is 17.7. The zero-order chi connectivity index (χ0) is 13.8. The number of fused-ring (bicyclic) bond motifs is 1. The van der Waals surface area contributed by atoms with Gasteiger partial charge in [0, 0.05) is 25.3 Å². The molecule has 0 aliphatic carbocycles. The highest BCUT2D eigenvalue weighted by atomic mass is 15.1. The Labute approximate surface area is 121 Å². The van der Waals surface area contributed by atoms with E-state index in [1.165, 1.54) is 28.8 Å². The molecule has 0 radical (unpaired) electrons. The fourth-order valence-corrected chi connectivity index (χ4v) is 2.75. The summed E-state index contributed by atoms with van der Waals surface area (Å²) in [4.78, 5) is 2.44. The van der Waals surface area contributed by atoms with Gasteiger partial charge in [-0.15, -0.1) is 0 Å². The molecular weight excluding hydrogens is 244 g/mol. The van der Waals surface area contributed by atoms with Gasteiger partial charge in [-0.25, -0.2) is 0 Å². The van der Waals surface area contributed by atoms with Crippen molar-refractivity contribution in [3.63, 3.8) is 0 Å². The Morgan fingerprint density at radius 2 is 1.60 bits per heavy atom. The molecule has 2 aromatic carbocycles. The Morgan fingerprint density at radius 1 is 0.950 bits per heavy atom. The van der Waals surface area contributed by atoms with Gasteiger partial charge < -0.3 is 10.2 Å². The fraction of sp³-hybridized carbons (Fsp3) is 0.333. The van der Waals surface area contributed by atoms with Crippen LogP contribution in [0, 0.1) is 0 Å². The van der Waals surface area contributed by atoms with Gasteiger partial charge in [-0.1, -0.05) is 43.3 Å². The van der Waals surface area contributed by atoms with Crippen molar-refractivity contribution in [3.05, 3.63) is 65.2 Å². The van der Waals surface area contributed by atoms with Crippen LogP contribution in [-0.2, 0) is 19.6 Å². The summed E-state index contributed by atoms with van der Waals surface area (Å²) < 4.78 is 0. The largest absolute Gasteiger partial charge is 0.363 e. The first-order valence-corrected chi connectivity index (χ1v) is 7.48. The second kappa shape index (κ2) is 6.10. The third-order valence-corrected chi connectivity index (χ3v) is 3.90. The molecule has 1 heterocycles. The number of hydrogen-bond acceptors (Lipinski definition) is 2. The fourth-order valence-electron chi connectivity index (χ4n) is 2.75. The van der Waals surface area contributed by atoms with Gasteiger partial charge in [-0.2, -0.15) is 0 Å². The highest BCUT2D eigenvalue weighted by molar-refractivity contribution is 5.52. The van der Waals surface area contributed by atoms with E-state index in [1.54, 1.807) is 0 Å². The predicted molar refractivity (Wildman–Crippen MR) is 84.8 cm³/mol. The molecule has 20 heavy (non-hydrogen) atoms. The lowest BCUT2D eigenvalue weighted by molar-refractivity contribution is 0.675. The molecule has 2 heteroatoms. The van der Waals surface area contributed by atoms with E-state index >= 15 is 0 Å². The average molecular weight is 266 g/mol. The van der Waals surface area contributed by atoms with Crippen molar-refractivity contribution in [2.45, 2.75) is 33.0 Å². The maximum Gasteiger partial charge on any atom is 0.0436 e. The minimum Gasteiger partial charge on any atom is -0.363 e. The molecule has 0 bridgehead atoms. The average Bonchev–Trinajstić information content (AvgIpc) is 2.92. The molecule has 0 saturated carbocycles. The molecule has 1 N–H and O–H groups in total. The molecule has 2 aromatic rings. The van der Waals surface area contributed by atoms with E-state index in [4.69, 9.17) is 0 Å². The molecule has 0 amide bonds. The lowest BCUT2D eigenvalue weighted by Crippen LogP contribution is -2.15. The number of benzene rings is 2. The maximum atomic E-state index is 3.44. The van der Waals surface area contributed by atoms with Gasteiger partial charge in [0.1, 0.15) is 0 Å². The third kappa shape index (κ3) is 2.86. The van der Waals surface area contributed by atoms with Crippen molar-refractivity contribution in [2.75, 3.05) is 11.4 Å². The van der Waals surface area contributed by atoms with E-state index in [0.29, 0.717) is 0 Å². The van der Waals surface area contributed by atoms with Crippen LogP contribution in [0.25, 0.3) is 0 Å². The molecule has 1 aliphatic rings. The molecule has 2 nitrogen and oxygen atoms in total. The van der Waals surface area contributed by atoms with Gasteiger partial charge in [0.05, 0.1) is 0 Å². The molecule has 0 spiro atoms. The highest BCUT2D eigenvalue weighted by Gasteiger charge is 2.18. The molecule has 0 atom stereocenters. The molecule has 1 aliphatic heterocycles. The molecule has 0 saturated heterocycles. The molecule has 3 rings (SSSR count). The van der Waals surface area contributed by atoms with Gasteiger partial charge >= 0.3 is 0 Å². The summed E-state index contributed by atoms with van der Waals surface area (Å²) in [7, 11) is 0. The summed E-state index contributed by atoms with van der Waals surface area (Å²) in [5, 5.41) is 3.44.